The zero-order valence-corrected chi connectivity index (χ0v) is 9.85. The molecular weight excluding hydrogens is 226 g/mol. The lowest BCUT2D eigenvalue weighted by Gasteiger charge is -2.06. The monoisotopic (exact) mass is 239 g/mol. The Hall–Kier alpha value is -2.13. The van der Waals surface area contributed by atoms with Crippen LogP contribution in [-0.2, 0) is 18.0 Å². The average Bonchev–Trinajstić information content (AvgIpc) is 2.87. The highest BCUT2D eigenvalue weighted by atomic mass is 16.5. The summed E-state index contributed by atoms with van der Waals surface area (Å²) in [6.07, 6.45) is 0. The van der Waals surface area contributed by atoms with Gasteiger partial charge in [0.15, 0.2) is 0 Å². The first-order valence-electron chi connectivity index (χ1n) is 5.89. The Kier molecular flexibility index (Phi) is 2.82. The van der Waals surface area contributed by atoms with Crippen LogP contribution in [0.15, 0.2) is 48.5 Å². The SMILES string of the molecule is O=C(Nc1ccccc1)c1ccc2c(c1)COC2. The first-order valence-corrected chi connectivity index (χ1v) is 5.89. The van der Waals surface area contributed by atoms with E-state index in [1.54, 1.807) is 0 Å². The summed E-state index contributed by atoms with van der Waals surface area (Å²) >= 11 is 0. The van der Waals surface area contributed by atoms with Gasteiger partial charge in [-0.1, -0.05) is 24.3 Å². The summed E-state index contributed by atoms with van der Waals surface area (Å²) < 4.78 is 5.34. The van der Waals surface area contributed by atoms with E-state index in [1.165, 1.54) is 5.56 Å². The zero-order chi connectivity index (χ0) is 12.4. The molecule has 1 N–H and O–H groups in total. The Morgan fingerprint density at radius 2 is 1.78 bits per heavy atom. The van der Waals surface area contributed by atoms with E-state index in [0.29, 0.717) is 18.8 Å². The van der Waals surface area contributed by atoms with Gasteiger partial charge in [-0.3, -0.25) is 4.79 Å². The number of nitrogens with one attached hydrogen (secondary N) is 1. The van der Waals surface area contributed by atoms with Gasteiger partial charge in [-0.05, 0) is 35.4 Å². The summed E-state index contributed by atoms with van der Waals surface area (Å²) in [6, 6.07) is 15.2. The molecule has 90 valence electrons. The quantitative estimate of drug-likeness (QED) is 0.875. The van der Waals surface area contributed by atoms with Gasteiger partial charge in [0.25, 0.3) is 5.91 Å². The summed E-state index contributed by atoms with van der Waals surface area (Å²) in [5.74, 6) is -0.0871. The standard InChI is InChI=1S/C15H13NO2/c17-15(16-14-4-2-1-3-5-14)11-6-7-12-9-18-10-13(12)8-11/h1-8H,9-10H2,(H,16,17). The Morgan fingerprint density at radius 1 is 1.00 bits per heavy atom. The molecule has 0 aromatic heterocycles. The summed E-state index contributed by atoms with van der Waals surface area (Å²) in [7, 11) is 0. The summed E-state index contributed by atoms with van der Waals surface area (Å²) in [4.78, 5) is 12.1. The normalized spacial score (nSPS) is 13.1. The van der Waals surface area contributed by atoms with Crippen molar-refractivity contribution < 1.29 is 9.53 Å². The van der Waals surface area contributed by atoms with E-state index >= 15 is 0 Å². The molecule has 3 rings (SSSR count). The Bertz CT molecular complexity index is 578. The second-order valence-electron chi connectivity index (χ2n) is 4.30. The van der Waals surface area contributed by atoms with Gasteiger partial charge >= 0.3 is 0 Å². The van der Waals surface area contributed by atoms with E-state index in [2.05, 4.69) is 5.32 Å². The van der Waals surface area contributed by atoms with Crippen LogP contribution in [0.4, 0.5) is 5.69 Å². The van der Waals surface area contributed by atoms with Crippen molar-refractivity contribution in [1.82, 2.24) is 0 Å². The molecule has 0 saturated carbocycles. The molecule has 3 nitrogen and oxygen atoms in total. The van der Waals surface area contributed by atoms with Crippen molar-refractivity contribution in [3.8, 4) is 0 Å². The molecule has 0 unspecified atom stereocenters. The molecule has 0 saturated heterocycles. The van der Waals surface area contributed by atoms with Crippen molar-refractivity contribution in [2.45, 2.75) is 13.2 Å². The molecule has 18 heavy (non-hydrogen) atoms. The van der Waals surface area contributed by atoms with E-state index in [1.807, 2.05) is 48.5 Å². The highest BCUT2D eigenvalue weighted by molar-refractivity contribution is 6.04. The van der Waals surface area contributed by atoms with Crippen LogP contribution in [0.1, 0.15) is 21.5 Å². The number of ether oxygens (including phenoxy) is 1. The fourth-order valence-electron chi connectivity index (χ4n) is 2.04. The van der Waals surface area contributed by atoms with Gasteiger partial charge in [-0.15, -0.1) is 0 Å². The minimum Gasteiger partial charge on any atom is -0.372 e. The molecule has 1 aliphatic heterocycles. The molecule has 1 heterocycles. The number of anilines is 1. The van der Waals surface area contributed by atoms with Gasteiger partial charge in [-0.25, -0.2) is 0 Å². The van der Waals surface area contributed by atoms with Crippen molar-refractivity contribution >= 4 is 11.6 Å². The van der Waals surface area contributed by atoms with Crippen LogP contribution in [-0.4, -0.2) is 5.91 Å². The molecule has 0 aliphatic carbocycles. The van der Waals surface area contributed by atoms with Crippen molar-refractivity contribution in [3.63, 3.8) is 0 Å². The predicted molar refractivity (Wildman–Crippen MR) is 69.3 cm³/mol. The van der Waals surface area contributed by atoms with E-state index in [9.17, 15) is 4.79 Å². The molecule has 1 amide bonds. The molecule has 1 aliphatic rings. The first-order chi connectivity index (χ1) is 8.83. The Labute approximate surface area is 105 Å². The van der Waals surface area contributed by atoms with Gasteiger partial charge in [-0.2, -0.15) is 0 Å². The maximum atomic E-state index is 12.1. The molecule has 2 aromatic carbocycles. The fraction of sp³-hybridized carbons (Fsp3) is 0.133. The topological polar surface area (TPSA) is 38.3 Å². The lowest BCUT2D eigenvalue weighted by molar-refractivity contribution is 0.102. The number of rotatable bonds is 2. The minimum absolute atomic E-state index is 0.0871. The highest BCUT2D eigenvalue weighted by Crippen LogP contribution is 2.21. The van der Waals surface area contributed by atoms with Crippen molar-refractivity contribution in [2.75, 3.05) is 5.32 Å². The van der Waals surface area contributed by atoms with E-state index in [0.717, 1.165) is 11.3 Å². The van der Waals surface area contributed by atoms with Gasteiger partial charge in [0, 0.05) is 11.3 Å². The number of amides is 1. The van der Waals surface area contributed by atoms with E-state index in [4.69, 9.17) is 4.74 Å². The van der Waals surface area contributed by atoms with Crippen LogP contribution in [0.2, 0.25) is 0 Å². The van der Waals surface area contributed by atoms with Crippen molar-refractivity contribution in [1.29, 1.82) is 0 Å². The number of carbonyl (C=O) groups excluding carboxylic acids is 1. The van der Waals surface area contributed by atoms with Gasteiger partial charge in [0.1, 0.15) is 0 Å². The third-order valence-electron chi connectivity index (χ3n) is 3.02. The van der Waals surface area contributed by atoms with E-state index < -0.39 is 0 Å². The first kappa shape index (κ1) is 11.0. The summed E-state index contributed by atoms with van der Waals surface area (Å²) in [5, 5.41) is 2.87. The third kappa shape index (κ3) is 2.13. The van der Waals surface area contributed by atoms with Crippen LogP contribution in [0.5, 0.6) is 0 Å². The molecule has 0 fully saturated rings. The molecule has 0 spiro atoms. The van der Waals surface area contributed by atoms with Gasteiger partial charge in [0.05, 0.1) is 13.2 Å². The molecular formula is C15H13NO2. The third-order valence-corrected chi connectivity index (χ3v) is 3.02. The van der Waals surface area contributed by atoms with Crippen LogP contribution in [0.3, 0.4) is 0 Å². The number of fused-ring (bicyclic) bond motifs is 1. The zero-order valence-electron chi connectivity index (χ0n) is 9.85. The molecule has 3 heteroatoms. The molecule has 0 atom stereocenters. The molecule has 2 aromatic rings. The largest absolute Gasteiger partial charge is 0.372 e. The smallest absolute Gasteiger partial charge is 0.255 e. The Balaban J connectivity index is 1.81. The maximum Gasteiger partial charge on any atom is 0.255 e. The summed E-state index contributed by atoms with van der Waals surface area (Å²) in [6.45, 7) is 1.25. The van der Waals surface area contributed by atoms with Gasteiger partial charge in [0.2, 0.25) is 0 Å². The number of carbonyl (C=O) groups is 1. The second kappa shape index (κ2) is 4.63. The Morgan fingerprint density at radius 3 is 2.61 bits per heavy atom. The number of para-hydroxylation sites is 1. The molecule has 0 bridgehead atoms. The van der Waals surface area contributed by atoms with Crippen LogP contribution < -0.4 is 5.32 Å². The minimum atomic E-state index is -0.0871. The lowest BCUT2D eigenvalue weighted by Crippen LogP contribution is -2.12. The number of hydrogen-bond donors (Lipinski definition) is 1. The summed E-state index contributed by atoms with van der Waals surface area (Å²) in [5.41, 5.74) is 3.75. The van der Waals surface area contributed by atoms with Crippen molar-refractivity contribution in [2.24, 2.45) is 0 Å². The van der Waals surface area contributed by atoms with Crippen LogP contribution in [0.25, 0.3) is 0 Å². The highest BCUT2D eigenvalue weighted by Gasteiger charge is 2.14. The predicted octanol–water partition coefficient (Wildman–Crippen LogP) is 2.97. The molecule has 0 radical (unpaired) electrons. The number of benzene rings is 2. The van der Waals surface area contributed by atoms with Crippen molar-refractivity contribution in [3.05, 3.63) is 65.2 Å². The van der Waals surface area contributed by atoms with E-state index in [-0.39, 0.29) is 5.91 Å². The number of hydrogen-bond acceptors (Lipinski definition) is 2. The average molecular weight is 239 g/mol. The maximum absolute atomic E-state index is 12.1. The lowest BCUT2D eigenvalue weighted by atomic mass is 10.1. The van der Waals surface area contributed by atoms with Crippen LogP contribution >= 0.6 is 0 Å². The second-order valence-corrected chi connectivity index (χ2v) is 4.30. The van der Waals surface area contributed by atoms with Crippen LogP contribution in [0, 0.1) is 0 Å². The fourth-order valence-corrected chi connectivity index (χ4v) is 2.04. The van der Waals surface area contributed by atoms with Gasteiger partial charge < -0.3 is 10.1 Å².